The van der Waals surface area contributed by atoms with Gasteiger partial charge in [-0.05, 0) is 31.2 Å². The van der Waals surface area contributed by atoms with Crippen molar-refractivity contribution in [2.45, 2.75) is 6.92 Å². The largest absolute Gasteiger partial charge is 0.478 e. The van der Waals surface area contributed by atoms with Crippen LogP contribution in [0.5, 0.6) is 0 Å². The van der Waals surface area contributed by atoms with Crippen molar-refractivity contribution in [3.05, 3.63) is 35.5 Å². The van der Waals surface area contributed by atoms with Crippen LogP contribution in [0.15, 0.2) is 24.3 Å². The molecule has 0 fully saturated rings. The van der Waals surface area contributed by atoms with Crippen molar-refractivity contribution in [2.24, 2.45) is 0 Å². The van der Waals surface area contributed by atoms with Crippen molar-refractivity contribution in [1.82, 2.24) is 4.98 Å². The number of carboxylic acids is 1. The van der Waals surface area contributed by atoms with Crippen LogP contribution < -0.4 is 5.73 Å². The Bertz CT molecular complexity index is 555. The number of aromatic nitrogens is 1. The highest BCUT2D eigenvalue weighted by Crippen LogP contribution is 2.21. The predicted molar refractivity (Wildman–Crippen MR) is 65.1 cm³/mol. The molecule has 0 bridgehead atoms. The summed E-state index contributed by atoms with van der Waals surface area (Å²) in [5.41, 5.74) is 8.11. The molecule has 16 heavy (non-hydrogen) atoms. The average Bonchev–Trinajstić information content (AvgIpc) is 2.16. The number of aryl methyl sites for hydroxylation is 1. The molecule has 0 aliphatic rings. The standard InChI is InChI=1S/C11H10N2O2.ClH/c1-6-4-9(12)8-5-7(11(14)15)2-3-10(8)13-6;/h2-5H,1H3,(H2,12,13)(H,14,15);1H. The Hall–Kier alpha value is -1.81. The quantitative estimate of drug-likeness (QED) is 0.799. The Morgan fingerprint density at radius 3 is 2.69 bits per heavy atom. The first-order chi connectivity index (χ1) is 7.08. The summed E-state index contributed by atoms with van der Waals surface area (Å²) in [7, 11) is 0. The molecular weight excluding hydrogens is 228 g/mol. The van der Waals surface area contributed by atoms with Gasteiger partial charge in [0.05, 0.1) is 11.1 Å². The number of aromatic carboxylic acids is 1. The van der Waals surface area contributed by atoms with E-state index in [0.29, 0.717) is 11.1 Å². The number of fused-ring (bicyclic) bond motifs is 1. The van der Waals surface area contributed by atoms with E-state index in [0.717, 1.165) is 11.2 Å². The van der Waals surface area contributed by atoms with E-state index in [2.05, 4.69) is 4.98 Å². The van der Waals surface area contributed by atoms with E-state index in [1.54, 1.807) is 18.2 Å². The van der Waals surface area contributed by atoms with Crippen LogP contribution in [0.1, 0.15) is 16.1 Å². The number of hydrogen-bond acceptors (Lipinski definition) is 3. The number of carboxylic acid groups (broad SMARTS) is 1. The van der Waals surface area contributed by atoms with Gasteiger partial charge in [0.25, 0.3) is 0 Å². The van der Waals surface area contributed by atoms with Crippen LogP contribution in [-0.4, -0.2) is 16.1 Å². The minimum Gasteiger partial charge on any atom is -0.478 e. The zero-order valence-electron chi connectivity index (χ0n) is 8.60. The van der Waals surface area contributed by atoms with Crippen molar-refractivity contribution < 1.29 is 9.90 Å². The third kappa shape index (κ3) is 2.06. The molecule has 84 valence electrons. The van der Waals surface area contributed by atoms with Crippen LogP contribution in [0.25, 0.3) is 10.9 Å². The second-order valence-corrected chi connectivity index (χ2v) is 3.39. The molecule has 0 aliphatic heterocycles. The molecule has 4 nitrogen and oxygen atoms in total. The summed E-state index contributed by atoms with van der Waals surface area (Å²) in [6.45, 7) is 1.85. The Labute approximate surface area is 98.5 Å². The van der Waals surface area contributed by atoms with Gasteiger partial charge in [-0.3, -0.25) is 4.98 Å². The number of hydrogen-bond donors (Lipinski definition) is 2. The predicted octanol–water partition coefficient (Wildman–Crippen LogP) is 2.25. The van der Waals surface area contributed by atoms with Gasteiger partial charge in [0, 0.05) is 16.8 Å². The fourth-order valence-electron chi connectivity index (χ4n) is 1.52. The molecule has 0 atom stereocenters. The number of halogens is 1. The van der Waals surface area contributed by atoms with Gasteiger partial charge < -0.3 is 10.8 Å². The Morgan fingerprint density at radius 2 is 2.06 bits per heavy atom. The Morgan fingerprint density at radius 1 is 1.38 bits per heavy atom. The molecule has 1 heterocycles. The van der Waals surface area contributed by atoms with Crippen LogP contribution in [0, 0.1) is 6.92 Å². The number of nitrogens with two attached hydrogens (primary N) is 1. The lowest BCUT2D eigenvalue weighted by Gasteiger charge is -2.04. The fraction of sp³-hybridized carbons (Fsp3) is 0.0909. The van der Waals surface area contributed by atoms with Gasteiger partial charge in [-0.25, -0.2) is 4.79 Å². The molecule has 5 heteroatoms. The van der Waals surface area contributed by atoms with Crippen LogP contribution in [0.4, 0.5) is 5.69 Å². The number of nitrogen functional groups attached to an aromatic ring is 1. The van der Waals surface area contributed by atoms with Gasteiger partial charge in [0.1, 0.15) is 0 Å². The second kappa shape index (κ2) is 4.37. The van der Waals surface area contributed by atoms with Gasteiger partial charge in [-0.2, -0.15) is 0 Å². The van der Waals surface area contributed by atoms with Crippen LogP contribution in [0.2, 0.25) is 0 Å². The minimum absolute atomic E-state index is 0. The lowest BCUT2D eigenvalue weighted by molar-refractivity contribution is 0.0697. The number of benzene rings is 1. The fourth-order valence-corrected chi connectivity index (χ4v) is 1.52. The first kappa shape index (κ1) is 12.3. The lowest BCUT2D eigenvalue weighted by atomic mass is 10.1. The van der Waals surface area contributed by atoms with Gasteiger partial charge in [0.2, 0.25) is 0 Å². The summed E-state index contributed by atoms with van der Waals surface area (Å²) in [6.07, 6.45) is 0. The molecule has 2 aromatic rings. The normalized spacial score (nSPS) is 9.81. The monoisotopic (exact) mass is 238 g/mol. The molecule has 0 spiro atoms. The third-order valence-corrected chi connectivity index (χ3v) is 2.22. The van der Waals surface area contributed by atoms with Crippen molar-refractivity contribution in [1.29, 1.82) is 0 Å². The molecule has 0 saturated carbocycles. The van der Waals surface area contributed by atoms with E-state index >= 15 is 0 Å². The minimum atomic E-state index is -0.961. The highest BCUT2D eigenvalue weighted by atomic mass is 35.5. The highest BCUT2D eigenvalue weighted by molar-refractivity contribution is 5.97. The molecule has 1 aromatic carbocycles. The van der Waals surface area contributed by atoms with Gasteiger partial charge in [-0.15, -0.1) is 12.4 Å². The van der Waals surface area contributed by atoms with E-state index in [-0.39, 0.29) is 18.0 Å². The molecule has 0 saturated heterocycles. The molecule has 3 N–H and O–H groups in total. The highest BCUT2D eigenvalue weighted by Gasteiger charge is 2.06. The smallest absolute Gasteiger partial charge is 0.335 e. The summed E-state index contributed by atoms with van der Waals surface area (Å²) in [5.74, 6) is -0.961. The van der Waals surface area contributed by atoms with Crippen LogP contribution in [0.3, 0.4) is 0 Å². The molecule has 0 aliphatic carbocycles. The first-order valence-corrected chi connectivity index (χ1v) is 4.48. The second-order valence-electron chi connectivity index (χ2n) is 3.39. The topological polar surface area (TPSA) is 76.2 Å². The van der Waals surface area contributed by atoms with Crippen molar-refractivity contribution in [2.75, 3.05) is 5.73 Å². The number of pyridine rings is 1. The summed E-state index contributed by atoms with van der Waals surface area (Å²) >= 11 is 0. The van der Waals surface area contributed by atoms with Crippen molar-refractivity contribution in [3.63, 3.8) is 0 Å². The summed E-state index contributed by atoms with van der Waals surface area (Å²) in [5, 5.41) is 9.51. The van der Waals surface area contributed by atoms with E-state index < -0.39 is 5.97 Å². The molecular formula is C11H11ClN2O2. The van der Waals surface area contributed by atoms with Crippen molar-refractivity contribution in [3.8, 4) is 0 Å². The van der Waals surface area contributed by atoms with E-state index in [1.165, 1.54) is 6.07 Å². The van der Waals surface area contributed by atoms with Crippen LogP contribution in [-0.2, 0) is 0 Å². The third-order valence-electron chi connectivity index (χ3n) is 2.22. The van der Waals surface area contributed by atoms with E-state index in [4.69, 9.17) is 10.8 Å². The van der Waals surface area contributed by atoms with E-state index in [9.17, 15) is 4.79 Å². The molecule has 1 aromatic heterocycles. The van der Waals surface area contributed by atoms with Gasteiger partial charge in [0.15, 0.2) is 0 Å². The van der Waals surface area contributed by atoms with Gasteiger partial charge in [-0.1, -0.05) is 0 Å². The van der Waals surface area contributed by atoms with E-state index in [1.807, 2.05) is 6.92 Å². The maximum Gasteiger partial charge on any atom is 0.335 e. The number of nitrogens with zero attached hydrogens (tertiary/aromatic N) is 1. The average molecular weight is 239 g/mol. The molecule has 2 rings (SSSR count). The molecule has 0 unspecified atom stereocenters. The molecule has 0 radical (unpaired) electrons. The zero-order chi connectivity index (χ0) is 11.0. The Kier molecular flexibility index (Phi) is 3.34. The van der Waals surface area contributed by atoms with Crippen LogP contribution >= 0.6 is 12.4 Å². The SMILES string of the molecule is Cc1cc(N)c2cc(C(=O)O)ccc2n1.Cl. The molecule has 0 amide bonds. The maximum absolute atomic E-state index is 10.8. The van der Waals surface area contributed by atoms with Crippen molar-refractivity contribution >= 4 is 35.0 Å². The lowest BCUT2D eigenvalue weighted by Crippen LogP contribution is -1.98. The van der Waals surface area contributed by atoms with Gasteiger partial charge >= 0.3 is 5.97 Å². The number of rotatable bonds is 1. The number of carbonyl (C=O) groups is 1. The zero-order valence-corrected chi connectivity index (χ0v) is 9.41. The first-order valence-electron chi connectivity index (χ1n) is 4.48. The number of anilines is 1. The Balaban J connectivity index is 0.00000128. The summed E-state index contributed by atoms with van der Waals surface area (Å²) in [4.78, 5) is 15.0. The summed E-state index contributed by atoms with van der Waals surface area (Å²) in [6, 6.07) is 6.46. The summed E-state index contributed by atoms with van der Waals surface area (Å²) < 4.78 is 0. The maximum atomic E-state index is 10.8.